The maximum absolute atomic E-state index is 12.7. The zero-order valence-electron chi connectivity index (χ0n) is 13.4. The number of hydrogen-bond acceptors (Lipinski definition) is 4. The molecule has 1 aromatic carbocycles. The van der Waals surface area contributed by atoms with Crippen molar-refractivity contribution in [3.63, 3.8) is 0 Å². The van der Waals surface area contributed by atoms with Crippen molar-refractivity contribution in [2.45, 2.75) is 25.3 Å². The van der Waals surface area contributed by atoms with Gasteiger partial charge in [-0.2, -0.15) is 5.26 Å². The highest BCUT2D eigenvalue weighted by Gasteiger charge is 2.49. The summed E-state index contributed by atoms with van der Waals surface area (Å²) in [5.41, 5.74) is -0.174. The van der Waals surface area contributed by atoms with Crippen molar-refractivity contribution >= 4 is 17.8 Å². The maximum Gasteiger partial charge on any atom is 0.325 e. The minimum atomic E-state index is -1.23. The van der Waals surface area contributed by atoms with Crippen molar-refractivity contribution in [2.24, 2.45) is 0 Å². The molecular weight excluding hydrogens is 308 g/mol. The Bertz CT molecular complexity index is 731. The van der Waals surface area contributed by atoms with Crippen LogP contribution in [0.5, 0.6) is 0 Å². The van der Waals surface area contributed by atoms with Gasteiger partial charge in [0.2, 0.25) is 5.91 Å². The zero-order chi connectivity index (χ0) is 17.3. The van der Waals surface area contributed by atoms with Crippen LogP contribution in [0.1, 0.15) is 30.9 Å². The first-order chi connectivity index (χ1) is 11.5. The normalized spacial score (nSPS) is 23.3. The molecule has 2 aliphatic rings. The number of rotatable bonds is 3. The van der Waals surface area contributed by atoms with Crippen LogP contribution in [0, 0.1) is 11.3 Å². The number of carbonyl (C=O) groups is 3. The molecule has 1 unspecified atom stereocenters. The molecule has 0 saturated carbocycles. The van der Waals surface area contributed by atoms with Gasteiger partial charge in [-0.1, -0.05) is 12.1 Å². The molecule has 2 saturated heterocycles. The van der Waals surface area contributed by atoms with E-state index in [1.54, 1.807) is 36.1 Å². The number of nitriles is 1. The van der Waals surface area contributed by atoms with Crippen LogP contribution in [0.3, 0.4) is 0 Å². The first kappa shape index (κ1) is 16.0. The van der Waals surface area contributed by atoms with Crippen LogP contribution in [0.15, 0.2) is 24.3 Å². The van der Waals surface area contributed by atoms with Crippen molar-refractivity contribution in [3.05, 3.63) is 35.4 Å². The fraction of sp³-hybridized carbons (Fsp3) is 0.412. The Balaban J connectivity index is 1.79. The van der Waals surface area contributed by atoms with Crippen LogP contribution in [0.4, 0.5) is 4.79 Å². The molecule has 4 amide bonds. The van der Waals surface area contributed by atoms with Gasteiger partial charge in [-0.25, -0.2) is 4.79 Å². The molecule has 3 rings (SSSR count). The molecule has 0 spiro atoms. The highest BCUT2D eigenvalue weighted by Crippen LogP contribution is 2.29. The number of nitrogens with one attached hydrogen (secondary N) is 1. The Morgan fingerprint density at radius 1 is 1.25 bits per heavy atom. The molecule has 0 aliphatic carbocycles. The summed E-state index contributed by atoms with van der Waals surface area (Å²) < 4.78 is 0. The average Bonchev–Trinajstić information content (AvgIpc) is 3.19. The Morgan fingerprint density at radius 3 is 2.46 bits per heavy atom. The molecule has 2 fully saturated rings. The Hall–Kier alpha value is -2.88. The third-order valence-corrected chi connectivity index (χ3v) is 4.62. The minimum Gasteiger partial charge on any atom is -0.341 e. The van der Waals surface area contributed by atoms with Gasteiger partial charge in [0.25, 0.3) is 5.91 Å². The fourth-order valence-corrected chi connectivity index (χ4v) is 3.12. The maximum atomic E-state index is 12.7. The van der Waals surface area contributed by atoms with Crippen molar-refractivity contribution in [3.8, 4) is 6.07 Å². The van der Waals surface area contributed by atoms with E-state index in [2.05, 4.69) is 5.32 Å². The van der Waals surface area contributed by atoms with E-state index in [-0.39, 0.29) is 12.5 Å². The molecule has 0 aromatic heterocycles. The molecule has 2 heterocycles. The second-order valence-electron chi connectivity index (χ2n) is 6.22. The minimum absolute atomic E-state index is 0.208. The van der Waals surface area contributed by atoms with E-state index in [9.17, 15) is 14.4 Å². The van der Waals surface area contributed by atoms with Crippen LogP contribution < -0.4 is 5.32 Å². The molecular formula is C17H18N4O3. The number of amides is 4. The van der Waals surface area contributed by atoms with Gasteiger partial charge in [0.05, 0.1) is 11.6 Å². The highest BCUT2D eigenvalue weighted by atomic mass is 16.2. The lowest BCUT2D eigenvalue weighted by atomic mass is 9.91. The molecule has 7 heteroatoms. The third kappa shape index (κ3) is 2.60. The second kappa shape index (κ2) is 5.96. The quantitative estimate of drug-likeness (QED) is 0.837. The Kier molecular flexibility index (Phi) is 3.97. The Labute approximate surface area is 139 Å². The number of nitrogens with zero attached hydrogens (tertiary/aromatic N) is 3. The molecule has 1 aromatic rings. The van der Waals surface area contributed by atoms with Crippen molar-refractivity contribution in [2.75, 3.05) is 19.6 Å². The number of imide groups is 1. The van der Waals surface area contributed by atoms with Crippen LogP contribution in [0.2, 0.25) is 0 Å². The average molecular weight is 326 g/mol. The van der Waals surface area contributed by atoms with Crippen molar-refractivity contribution < 1.29 is 14.4 Å². The lowest BCUT2D eigenvalue weighted by Crippen LogP contribution is -2.43. The van der Waals surface area contributed by atoms with Gasteiger partial charge in [-0.05, 0) is 37.5 Å². The summed E-state index contributed by atoms with van der Waals surface area (Å²) in [5.74, 6) is -0.662. The summed E-state index contributed by atoms with van der Waals surface area (Å²) in [6, 6.07) is 7.91. The molecule has 2 aliphatic heterocycles. The highest BCUT2D eigenvalue weighted by molar-refractivity contribution is 6.09. The van der Waals surface area contributed by atoms with Crippen LogP contribution in [0.25, 0.3) is 0 Å². The van der Waals surface area contributed by atoms with Gasteiger partial charge in [0, 0.05) is 13.1 Å². The van der Waals surface area contributed by atoms with Gasteiger partial charge >= 0.3 is 6.03 Å². The summed E-state index contributed by atoms with van der Waals surface area (Å²) in [4.78, 5) is 39.9. The smallest absolute Gasteiger partial charge is 0.325 e. The second-order valence-corrected chi connectivity index (χ2v) is 6.22. The predicted octanol–water partition coefficient (Wildman–Crippen LogP) is 0.948. The topological polar surface area (TPSA) is 93.5 Å². The monoisotopic (exact) mass is 326 g/mol. The van der Waals surface area contributed by atoms with Gasteiger partial charge in [-0.15, -0.1) is 0 Å². The van der Waals surface area contributed by atoms with E-state index in [0.717, 1.165) is 17.7 Å². The number of benzene rings is 1. The number of likely N-dealkylation sites (tertiary alicyclic amines) is 1. The summed E-state index contributed by atoms with van der Waals surface area (Å²) >= 11 is 0. The lowest BCUT2D eigenvalue weighted by Gasteiger charge is -2.23. The number of urea groups is 1. The largest absolute Gasteiger partial charge is 0.341 e. The molecule has 0 radical (unpaired) electrons. The van der Waals surface area contributed by atoms with Gasteiger partial charge in [-0.3, -0.25) is 14.5 Å². The van der Waals surface area contributed by atoms with Gasteiger partial charge in [0.1, 0.15) is 12.1 Å². The van der Waals surface area contributed by atoms with E-state index >= 15 is 0 Å². The van der Waals surface area contributed by atoms with Gasteiger partial charge in [0.15, 0.2) is 0 Å². The molecule has 124 valence electrons. The van der Waals surface area contributed by atoms with E-state index in [1.807, 2.05) is 6.07 Å². The molecule has 1 atom stereocenters. The van der Waals surface area contributed by atoms with E-state index in [1.165, 1.54) is 0 Å². The van der Waals surface area contributed by atoms with Gasteiger partial charge < -0.3 is 10.2 Å². The van der Waals surface area contributed by atoms with E-state index in [4.69, 9.17) is 5.26 Å². The predicted molar refractivity (Wildman–Crippen MR) is 84.6 cm³/mol. The van der Waals surface area contributed by atoms with Crippen LogP contribution >= 0.6 is 0 Å². The molecule has 7 nitrogen and oxygen atoms in total. The lowest BCUT2D eigenvalue weighted by molar-refractivity contribution is -0.138. The molecule has 24 heavy (non-hydrogen) atoms. The summed E-state index contributed by atoms with van der Waals surface area (Å²) in [7, 11) is 0. The van der Waals surface area contributed by atoms with Crippen LogP contribution in [-0.4, -0.2) is 47.3 Å². The van der Waals surface area contributed by atoms with Crippen molar-refractivity contribution in [1.29, 1.82) is 5.26 Å². The first-order valence-electron chi connectivity index (χ1n) is 7.88. The Morgan fingerprint density at radius 2 is 1.88 bits per heavy atom. The van der Waals surface area contributed by atoms with Crippen LogP contribution in [-0.2, 0) is 15.1 Å². The zero-order valence-corrected chi connectivity index (χ0v) is 13.4. The first-order valence-corrected chi connectivity index (χ1v) is 7.88. The fourth-order valence-electron chi connectivity index (χ4n) is 3.12. The molecule has 1 N–H and O–H groups in total. The van der Waals surface area contributed by atoms with E-state index in [0.29, 0.717) is 24.2 Å². The third-order valence-electron chi connectivity index (χ3n) is 4.62. The van der Waals surface area contributed by atoms with Crippen molar-refractivity contribution in [1.82, 2.24) is 15.1 Å². The SMILES string of the molecule is CC1(c2ccc(C#N)cc2)NC(=O)N(CC(=O)N2CCCC2)C1=O. The standard InChI is InChI=1S/C17H18N4O3/c1-17(13-6-4-12(10-18)5-7-13)15(23)21(16(24)19-17)11-14(22)20-8-2-3-9-20/h4-7H,2-3,8-9,11H2,1H3,(H,19,24). The summed E-state index contributed by atoms with van der Waals surface area (Å²) in [6.07, 6.45) is 1.91. The number of hydrogen-bond donors (Lipinski definition) is 1. The number of carbonyl (C=O) groups excluding carboxylic acids is 3. The van der Waals surface area contributed by atoms with E-state index < -0.39 is 17.5 Å². The summed E-state index contributed by atoms with van der Waals surface area (Å²) in [6.45, 7) is 2.72. The molecule has 0 bridgehead atoms. The summed E-state index contributed by atoms with van der Waals surface area (Å²) in [5, 5.41) is 11.5.